The van der Waals surface area contributed by atoms with Crippen LogP contribution in [0.5, 0.6) is 0 Å². The Bertz CT molecular complexity index is 1190. The minimum Gasteiger partial charge on any atom is -0.380 e. The van der Waals surface area contributed by atoms with Gasteiger partial charge in [0.1, 0.15) is 17.4 Å². The summed E-state index contributed by atoms with van der Waals surface area (Å²) in [5, 5.41) is 3.56. The molecule has 2 aromatic carbocycles. The number of anilines is 1. The van der Waals surface area contributed by atoms with Crippen molar-refractivity contribution in [3.8, 4) is 0 Å². The summed E-state index contributed by atoms with van der Waals surface area (Å²) in [5.41, 5.74) is 1.51. The number of Topliss-reactive ketones (excluding diaryl/α,β-unsaturated/α-hetero) is 2. The normalized spacial score (nSPS) is 17.0. The summed E-state index contributed by atoms with van der Waals surface area (Å²) < 4.78 is 14.8. The molecule has 0 aliphatic heterocycles. The number of benzene rings is 2. The molecule has 148 valence electrons. The molecule has 4 rings (SSSR count). The lowest BCUT2D eigenvalue weighted by Gasteiger charge is -2.24. The highest BCUT2D eigenvalue weighted by Crippen LogP contribution is 2.26. The van der Waals surface area contributed by atoms with Gasteiger partial charge in [0.25, 0.3) is 5.56 Å². The summed E-state index contributed by atoms with van der Waals surface area (Å²) >= 11 is 0. The smallest absolute Gasteiger partial charge is 0.264 e. The van der Waals surface area contributed by atoms with Crippen LogP contribution in [-0.4, -0.2) is 21.1 Å². The maximum absolute atomic E-state index is 13.4. The molecule has 3 aromatic rings. The first-order valence-electron chi connectivity index (χ1n) is 9.48. The van der Waals surface area contributed by atoms with Crippen LogP contribution in [0.25, 0.3) is 10.9 Å². The maximum Gasteiger partial charge on any atom is 0.264 e. The van der Waals surface area contributed by atoms with E-state index in [4.69, 9.17) is 0 Å². The standard InChI is InChI=1S/C22H20FN3O3/c1-13-25-18-7-3-6-17(24-12-14-4-2-5-15(23)10-14)21(18)22(29)26(13)19-9-8-16(27)11-20(19)28/h2-7,10,19,24H,8-9,11-12H2,1H3. The molecule has 29 heavy (non-hydrogen) atoms. The number of aromatic nitrogens is 2. The molecule has 1 heterocycles. The molecule has 7 heteroatoms. The van der Waals surface area contributed by atoms with E-state index in [1.54, 1.807) is 37.3 Å². The van der Waals surface area contributed by atoms with E-state index in [-0.39, 0.29) is 35.8 Å². The Hall–Kier alpha value is -3.35. The molecule has 0 bridgehead atoms. The summed E-state index contributed by atoms with van der Waals surface area (Å²) in [6.45, 7) is 2.03. The van der Waals surface area contributed by atoms with Gasteiger partial charge in [-0.15, -0.1) is 0 Å². The predicted molar refractivity (Wildman–Crippen MR) is 107 cm³/mol. The lowest BCUT2D eigenvalue weighted by atomic mass is 9.92. The van der Waals surface area contributed by atoms with Crippen LogP contribution >= 0.6 is 0 Å². The quantitative estimate of drug-likeness (QED) is 0.688. The number of hydrogen-bond donors (Lipinski definition) is 1. The minimum atomic E-state index is -0.673. The number of carbonyl (C=O) groups excluding carboxylic acids is 2. The number of hydrogen-bond acceptors (Lipinski definition) is 5. The average molecular weight is 393 g/mol. The van der Waals surface area contributed by atoms with Crippen molar-refractivity contribution >= 4 is 28.2 Å². The number of rotatable bonds is 4. The van der Waals surface area contributed by atoms with Crippen LogP contribution in [0.15, 0.2) is 47.3 Å². The summed E-state index contributed by atoms with van der Waals surface area (Å²) in [4.78, 5) is 41.9. The maximum atomic E-state index is 13.4. The van der Waals surface area contributed by atoms with Gasteiger partial charge >= 0.3 is 0 Å². The van der Waals surface area contributed by atoms with Crippen LogP contribution < -0.4 is 10.9 Å². The number of nitrogens with zero attached hydrogens (tertiary/aromatic N) is 2. The molecule has 0 amide bonds. The van der Waals surface area contributed by atoms with Gasteiger partial charge in [-0.3, -0.25) is 19.0 Å². The SMILES string of the molecule is Cc1nc2cccc(NCc3cccc(F)c3)c2c(=O)n1C1CCC(=O)CC1=O. The van der Waals surface area contributed by atoms with Crippen LogP contribution in [0.3, 0.4) is 0 Å². The van der Waals surface area contributed by atoms with Gasteiger partial charge in [0.2, 0.25) is 0 Å². The van der Waals surface area contributed by atoms with Crippen LogP contribution in [-0.2, 0) is 16.1 Å². The third-order valence-corrected chi connectivity index (χ3v) is 5.23. The molecule has 1 atom stereocenters. The lowest BCUT2D eigenvalue weighted by Crippen LogP contribution is -2.36. The monoisotopic (exact) mass is 393 g/mol. The van der Waals surface area contributed by atoms with Crippen molar-refractivity contribution in [2.75, 3.05) is 5.32 Å². The van der Waals surface area contributed by atoms with Crippen LogP contribution in [0, 0.1) is 12.7 Å². The Balaban J connectivity index is 1.76. The van der Waals surface area contributed by atoms with Gasteiger partial charge < -0.3 is 5.32 Å². The molecule has 1 fully saturated rings. The number of nitrogens with one attached hydrogen (secondary N) is 1. The summed E-state index contributed by atoms with van der Waals surface area (Å²) in [6.07, 6.45) is 0.443. The van der Waals surface area contributed by atoms with Crippen LogP contribution in [0.1, 0.15) is 36.7 Å². The van der Waals surface area contributed by atoms with Crippen molar-refractivity contribution in [2.45, 2.75) is 38.8 Å². The van der Waals surface area contributed by atoms with Crippen molar-refractivity contribution in [1.82, 2.24) is 9.55 Å². The number of carbonyl (C=O) groups is 2. The molecule has 1 aliphatic carbocycles. The zero-order valence-corrected chi connectivity index (χ0v) is 15.9. The zero-order chi connectivity index (χ0) is 20.5. The fraction of sp³-hybridized carbons (Fsp3) is 0.273. The molecule has 6 nitrogen and oxygen atoms in total. The van der Waals surface area contributed by atoms with Gasteiger partial charge in [-0.2, -0.15) is 0 Å². The third-order valence-electron chi connectivity index (χ3n) is 5.23. The molecular weight excluding hydrogens is 373 g/mol. The van der Waals surface area contributed by atoms with Gasteiger partial charge in [0.15, 0.2) is 5.78 Å². The summed E-state index contributed by atoms with van der Waals surface area (Å²) in [6, 6.07) is 10.8. The Morgan fingerprint density at radius 1 is 1.17 bits per heavy atom. The number of ketones is 2. The van der Waals surface area contributed by atoms with Crippen LogP contribution in [0.2, 0.25) is 0 Å². The lowest BCUT2D eigenvalue weighted by molar-refractivity contribution is -0.132. The first-order valence-corrected chi connectivity index (χ1v) is 9.48. The Morgan fingerprint density at radius 3 is 2.72 bits per heavy atom. The Labute approximate surface area is 166 Å². The highest BCUT2D eigenvalue weighted by atomic mass is 19.1. The van der Waals surface area contributed by atoms with Crippen molar-refractivity contribution in [1.29, 1.82) is 0 Å². The van der Waals surface area contributed by atoms with Crippen molar-refractivity contribution in [3.63, 3.8) is 0 Å². The fourth-order valence-electron chi connectivity index (χ4n) is 3.84. The molecule has 1 unspecified atom stereocenters. The number of fused-ring (bicyclic) bond motifs is 1. The first-order chi connectivity index (χ1) is 13.9. The van der Waals surface area contributed by atoms with E-state index in [0.29, 0.717) is 35.4 Å². The fourth-order valence-corrected chi connectivity index (χ4v) is 3.84. The van der Waals surface area contributed by atoms with E-state index in [9.17, 15) is 18.8 Å². The first kappa shape index (κ1) is 19.0. The molecular formula is C22H20FN3O3. The number of aryl methyl sites for hydroxylation is 1. The second kappa shape index (κ2) is 7.58. The minimum absolute atomic E-state index is 0.0943. The third kappa shape index (κ3) is 3.68. The average Bonchev–Trinajstić information content (AvgIpc) is 2.67. The molecule has 1 saturated carbocycles. The Kier molecular flexibility index (Phi) is 4.96. The highest BCUT2D eigenvalue weighted by Gasteiger charge is 2.30. The van der Waals surface area contributed by atoms with E-state index in [1.165, 1.54) is 16.7 Å². The van der Waals surface area contributed by atoms with Crippen molar-refractivity contribution < 1.29 is 14.0 Å². The summed E-state index contributed by atoms with van der Waals surface area (Å²) in [5.74, 6) is -0.231. The largest absolute Gasteiger partial charge is 0.380 e. The van der Waals surface area contributed by atoms with E-state index in [0.717, 1.165) is 5.56 Å². The van der Waals surface area contributed by atoms with Crippen LogP contribution in [0.4, 0.5) is 10.1 Å². The van der Waals surface area contributed by atoms with Crippen molar-refractivity contribution in [3.05, 3.63) is 70.0 Å². The van der Waals surface area contributed by atoms with E-state index in [2.05, 4.69) is 10.3 Å². The number of halogens is 1. The van der Waals surface area contributed by atoms with Gasteiger partial charge in [-0.1, -0.05) is 18.2 Å². The zero-order valence-electron chi connectivity index (χ0n) is 15.9. The molecule has 1 aromatic heterocycles. The summed E-state index contributed by atoms with van der Waals surface area (Å²) in [7, 11) is 0. The van der Waals surface area contributed by atoms with Gasteiger partial charge in [-0.25, -0.2) is 9.37 Å². The topological polar surface area (TPSA) is 81.1 Å². The molecule has 1 aliphatic rings. The molecule has 0 radical (unpaired) electrons. The molecule has 1 N–H and O–H groups in total. The Morgan fingerprint density at radius 2 is 1.97 bits per heavy atom. The van der Waals surface area contributed by atoms with E-state index >= 15 is 0 Å². The second-order valence-electron chi connectivity index (χ2n) is 7.25. The van der Waals surface area contributed by atoms with E-state index in [1.807, 2.05) is 0 Å². The predicted octanol–water partition coefficient (Wildman–Crippen LogP) is 3.32. The van der Waals surface area contributed by atoms with E-state index < -0.39 is 6.04 Å². The highest BCUT2D eigenvalue weighted by molar-refractivity contribution is 6.03. The van der Waals surface area contributed by atoms with Gasteiger partial charge in [0, 0.05) is 18.7 Å². The van der Waals surface area contributed by atoms with Crippen molar-refractivity contribution in [2.24, 2.45) is 0 Å². The van der Waals surface area contributed by atoms with Gasteiger partial charge in [0.05, 0.1) is 23.4 Å². The molecule has 0 saturated heterocycles. The second-order valence-corrected chi connectivity index (χ2v) is 7.25. The molecule has 0 spiro atoms. The van der Waals surface area contributed by atoms with Gasteiger partial charge in [-0.05, 0) is 43.2 Å².